The largest absolute Gasteiger partial charge is 0.451 e. The number of hydrogen-bond donors (Lipinski definition) is 1. The van der Waals surface area contributed by atoms with Crippen molar-refractivity contribution in [1.29, 1.82) is 0 Å². The Kier molecular flexibility index (Phi) is 6.28. The molecule has 0 radical (unpaired) electrons. The fourth-order valence-electron chi connectivity index (χ4n) is 3.72. The molecule has 1 aliphatic rings. The molecular formula is C23H24ClNO2S. The molecule has 1 aliphatic carbocycles. The van der Waals surface area contributed by atoms with E-state index in [4.69, 9.17) is 16.0 Å². The van der Waals surface area contributed by atoms with Crippen molar-refractivity contribution in [3.05, 3.63) is 70.4 Å². The standard InChI is InChI=1S/C23H24ClNO2S/c24-17-12-10-16(11-13-17)14-25-23(26)22-20(15-28-18-6-2-1-3-7-18)19-8-4-5-9-21(19)27-22/h4-5,8-13,18H,1-3,6-7,14-15H2,(H,25,26). The second-order valence-electron chi connectivity index (χ2n) is 7.29. The number of fused-ring (bicyclic) bond motifs is 1. The van der Waals surface area contributed by atoms with Crippen molar-refractivity contribution < 1.29 is 9.21 Å². The van der Waals surface area contributed by atoms with Gasteiger partial charge in [-0.2, -0.15) is 11.8 Å². The van der Waals surface area contributed by atoms with Gasteiger partial charge in [0.15, 0.2) is 5.76 Å². The van der Waals surface area contributed by atoms with Crippen LogP contribution in [0.1, 0.15) is 53.8 Å². The van der Waals surface area contributed by atoms with Gasteiger partial charge >= 0.3 is 0 Å². The summed E-state index contributed by atoms with van der Waals surface area (Å²) in [5.41, 5.74) is 2.80. The van der Waals surface area contributed by atoms with Crippen LogP contribution in [0, 0.1) is 0 Å². The van der Waals surface area contributed by atoms with Gasteiger partial charge in [-0.05, 0) is 36.6 Å². The second-order valence-corrected chi connectivity index (χ2v) is 9.01. The van der Waals surface area contributed by atoms with Gasteiger partial charge in [0.05, 0.1) is 0 Å². The zero-order valence-electron chi connectivity index (χ0n) is 15.7. The van der Waals surface area contributed by atoms with E-state index in [1.54, 1.807) is 0 Å². The Morgan fingerprint density at radius 2 is 1.82 bits per heavy atom. The van der Waals surface area contributed by atoms with Crippen LogP contribution in [-0.4, -0.2) is 11.2 Å². The number of carbonyl (C=O) groups is 1. The summed E-state index contributed by atoms with van der Waals surface area (Å²) in [5, 5.41) is 5.41. The maximum absolute atomic E-state index is 12.9. The molecule has 1 N–H and O–H groups in total. The Morgan fingerprint density at radius 3 is 2.61 bits per heavy atom. The first kappa shape index (κ1) is 19.4. The maximum Gasteiger partial charge on any atom is 0.287 e. The van der Waals surface area contributed by atoms with E-state index in [2.05, 4.69) is 5.32 Å². The van der Waals surface area contributed by atoms with Crippen molar-refractivity contribution in [2.45, 2.75) is 49.7 Å². The molecule has 0 saturated heterocycles. The van der Waals surface area contributed by atoms with Crippen LogP contribution in [0.4, 0.5) is 0 Å². The summed E-state index contributed by atoms with van der Waals surface area (Å²) in [5.74, 6) is 1.09. The molecule has 146 valence electrons. The number of halogens is 1. The quantitative estimate of drug-likeness (QED) is 0.496. The lowest BCUT2D eigenvalue weighted by Gasteiger charge is -2.20. The first-order chi connectivity index (χ1) is 13.7. The fraction of sp³-hybridized carbons (Fsp3) is 0.348. The maximum atomic E-state index is 12.9. The summed E-state index contributed by atoms with van der Waals surface area (Å²) in [7, 11) is 0. The summed E-state index contributed by atoms with van der Waals surface area (Å²) >= 11 is 7.89. The minimum Gasteiger partial charge on any atom is -0.451 e. The van der Waals surface area contributed by atoms with E-state index >= 15 is 0 Å². The molecule has 1 aromatic heterocycles. The van der Waals surface area contributed by atoms with Crippen molar-refractivity contribution in [3.8, 4) is 0 Å². The topological polar surface area (TPSA) is 42.2 Å². The lowest BCUT2D eigenvalue weighted by molar-refractivity contribution is 0.0924. The van der Waals surface area contributed by atoms with Gasteiger partial charge < -0.3 is 9.73 Å². The molecule has 0 aliphatic heterocycles. The molecule has 2 aromatic carbocycles. The zero-order chi connectivity index (χ0) is 19.3. The van der Waals surface area contributed by atoms with E-state index < -0.39 is 0 Å². The molecule has 1 fully saturated rings. The van der Waals surface area contributed by atoms with Gasteiger partial charge in [0.2, 0.25) is 0 Å². The van der Waals surface area contributed by atoms with Crippen LogP contribution in [0.15, 0.2) is 52.9 Å². The van der Waals surface area contributed by atoms with Gasteiger partial charge in [0.1, 0.15) is 5.58 Å². The van der Waals surface area contributed by atoms with Crippen LogP contribution in [0.3, 0.4) is 0 Å². The summed E-state index contributed by atoms with van der Waals surface area (Å²) < 4.78 is 5.96. The number of carbonyl (C=O) groups excluding carboxylic acids is 1. The lowest BCUT2D eigenvalue weighted by Crippen LogP contribution is -2.23. The molecule has 4 rings (SSSR count). The number of nitrogens with one attached hydrogen (secondary N) is 1. The first-order valence-corrected chi connectivity index (χ1v) is 11.3. The Balaban J connectivity index is 1.51. The van der Waals surface area contributed by atoms with E-state index in [9.17, 15) is 4.79 Å². The van der Waals surface area contributed by atoms with Gasteiger partial charge in [-0.15, -0.1) is 0 Å². The lowest BCUT2D eigenvalue weighted by atomic mass is 10.0. The molecule has 0 atom stereocenters. The van der Waals surface area contributed by atoms with E-state index in [-0.39, 0.29) is 5.91 Å². The molecule has 3 nitrogen and oxygen atoms in total. The van der Waals surface area contributed by atoms with E-state index in [1.807, 2.05) is 60.3 Å². The highest BCUT2D eigenvalue weighted by molar-refractivity contribution is 7.99. The summed E-state index contributed by atoms with van der Waals surface area (Å²) in [6, 6.07) is 15.4. The average Bonchev–Trinajstić information content (AvgIpc) is 3.11. The van der Waals surface area contributed by atoms with Crippen LogP contribution < -0.4 is 5.32 Å². The van der Waals surface area contributed by atoms with Gasteiger partial charge in [-0.3, -0.25) is 4.79 Å². The number of benzene rings is 2. The van der Waals surface area contributed by atoms with Crippen molar-refractivity contribution in [1.82, 2.24) is 5.32 Å². The van der Waals surface area contributed by atoms with E-state index in [0.717, 1.165) is 27.8 Å². The third-order valence-electron chi connectivity index (χ3n) is 5.29. The van der Waals surface area contributed by atoms with Gasteiger partial charge in [0, 0.05) is 33.5 Å². The number of furan rings is 1. The molecule has 3 aromatic rings. The molecule has 1 saturated carbocycles. The Labute approximate surface area is 174 Å². The number of amides is 1. The van der Waals surface area contributed by atoms with Crippen LogP contribution in [0.2, 0.25) is 5.02 Å². The normalized spacial score (nSPS) is 15.0. The van der Waals surface area contributed by atoms with E-state index in [1.165, 1.54) is 32.1 Å². The van der Waals surface area contributed by atoms with Crippen molar-refractivity contribution in [2.24, 2.45) is 0 Å². The van der Waals surface area contributed by atoms with Crippen LogP contribution in [0.25, 0.3) is 11.0 Å². The molecule has 0 spiro atoms. The Hall–Kier alpha value is -1.91. The SMILES string of the molecule is O=C(NCc1ccc(Cl)cc1)c1oc2ccccc2c1CSC1CCCCC1. The molecule has 0 unspecified atom stereocenters. The van der Waals surface area contributed by atoms with E-state index in [0.29, 0.717) is 22.6 Å². The van der Waals surface area contributed by atoms with Crippen LogP contribution >= 0.6 is 23.4 Å². The molecule has 0 bridgehead atoms. The van der Waals surface area contributed by atoms with Crippen molar-refractivity contribution >= 4 is 40.2 Å². The second kappa shape index (κ2) is 9.06. The zero-order valence-corrected chi connectivity index (χ0v) is 17.3. The Morgan fingerprint density at radius 1 is 1.07 bits per heavy atom. The van der Waals surface area contributed by atoms with Gasteiger partial charge in [-0.1, -0.05) is 61.2 Å². The molecule has 1 heterocycles. The fourth-order valence-corrected chi connectivity index (χ4v) is 5.20. The smallest absolute Gasteiger partial charge is 0.287 e. The predicted octanol–water partition coefficient (Wildman–Crippen LogP) is 6.58. The Bertz CT molecular complexity index is 945. The van der Waals surface area contributed by atoms with Crippen molar-refractivity contribution in [3.63, 3.8) is 0 Å². The highest BCUT2D eigenvalue weighted by Crippen LogP contribution is 2.35. The third-order valence-corrected chi connectivity index (χ3v) is 6.94. The van der Waals surface area contributed by atoms with Crippen LogP contribution in [0.5, 0.6) is 0 Å². The minimum atomic E-state index is -0.162. The van der Waals surface area contributed by atoms with Crippen LogP contribution in [-0.2, 0) is 12.3 Å². The number of thioether (sulfide) groups is 1. The molecule has 1 amide bonds. The van der Waals surface area contributed by atoms with Gasteiger partial charge in [-0.25, -0.2) is 0 Å². The molecule has 28 heavy (non-hydrogen) atoms. The predicted molar refractivity (Wildman–Crippen MR) is 117 cm³/mol. The highest BCUT2D eigenvalue weighted by atomic mass is 35.5. The summed E-state index contributed by atoms with van der Waals surface area (Å²) in [4.78, 5) is 12.9. The number of para-hydroxylation sites is 1. The van der Waals surface area contributed by atoms with Crippen molar-refractivity contribution in [2.75, 3.05) is 0 Å². The highest BCUT2D eigenvalue weighted by Gasteiger charge is 2.22. The van der Waals surface area contributed by atoms with Gasteiger partial charge in [0.25, 0.3) is 5.91 Å². The minimum absolute atomic E-state index is 0.162. The monoisotopic (exact) mass is 413 g/mol. The summed E-state index contributed by atoms with van der Waals surface area (Å²) in [6.07, 6.45) is 6.54. The molecule has 5 heteroatoms. The molecular weight excluding hydrogens is 390 g/mol. The number of hydrogen-bond acceptors (Lipinski definition) is 3. The third kappa shape index (κ3) is 4.56. The average molecular weight is 414 g/mol. The number of rotatable bonds is 6. The first-order valence-electron chi connectivity index (χ1n) is 9.85. The summed E-state index contributed by atoms with van der Waals surface area (Å²) in [6.45, 7) is 0.447.